The fourth-order valence-corrected chi connectivity index (χ4v) is 2.65. The summed E-state index contributed by atoms with van der Waals surface area (Å²) < 4.78 is 1.67. The average Bonchev–Trinajstić information content (AvgIpc) is 3.05. The molecule has 9 nitrogen and oxygen atoms in total. The predicted octanol–water partition coefficient (Wildman–Crippen LogP) is 0.312. The zero-order chi connectivity index (χ0) is 16.4. The van der Waals surface area contributed by atoms with Gasteiger partial charge in [-0.05, 0) is 25.0 Å². The van der Waals surface area contributed by atoms with Gasteiger partial charge in [-0.3, -0.25) is 4.79 Å². The quantitative estimate of drug-likeness (QED) is 0.831. The number of carboxylic acids is 1. The topological polar surface area (TPSA) is 127 Å². The lowest BCUT2D eigenvalue weighted by molar-refractivity contribution is 0.0690. The summed E-state index contributed by atoms with van der Waals surface area (Å²) in [6.07, 6.45) is 3.15. The van der Waals surface area contributed by atoms with Crippen LogP contribution in [0.4, 0.5) is 5.82 Å². The van der Waals surface area contributed by atoms with Crippen LogP contribution in [0.1, 0.15) is 39.9 Å². The lowest BCUT2D eigenvalue weighted by atomic mass is 10.1. The fraction of sp³-hybridized carbons (Fsp3) is 0.357. The number of nitrogens with two attached hydrogens (primary N) is 1. The van der Waals surface area contributed by atoms with E-state index >= 15 is 0 Å². The number of pyridine rings is 1. The molecule has 3 rings (SSSR count). The number of nitrogens with zero attached hydrogens (tertiary/aromatic N) is 5. The van der Waals surface area contributed by atoms with Crippen LogP contribution in [-0.4, -0.2) is 50.1 Å². The summed E-state index contributed by atoms with van der Waals surface area (Å²) >= 11 is 0. The van der Waals surface area contributed by atoms with Crippen LogP contribution in [0.3, 0.4) is 0 Å². The van der Waals surface area contributed by atoms with Gasteiger partial charge in [0.1, 0.15) is 5.82 Å². The highest BCUT2D eigenvalue weighted by molar-refractivity contribution is 5.90. The number of hydrogen-bond donors (Lipinski definition) is 2. The molecular formula is C14H16N6O3. The predicted molar refractivity (Wildman–Crippen MR) is 80.2 cm³/mol. The smallest absolute Gasteiger partial charge is 0.354 e. The van der Waals surface area contributed by atoms with Crippen molar-refractivity contribution in [2.24, 2.45) is 5.73 Å². The molecule has 3 heterocycles. The third-order valence-electron chi connectivity index (χ3n) is 3.88. The van der Waals surface area contributed by atoms with E-state index in [0.717, 1.165) is 12.8 Å². The molecule has 2 aromatic heterocycles. The maximum Gasteiger partial charge on any atom is 0.354 e. The van der Waals surface area contributed by atoms with Gasteiger partial charge in [-0.25, -0.2) is 14.5 Å². The van der Waals surface area contributed by atoms with Gasteiger partial charge in [-0.1, -0.05) is 11.3 Å². The minimum Gasteiger partial charge on any atom is -0.477 e. The first-order valence-electron chi connectivity index (χ1n) is 7.21. The Morgan fingerprint density at radius 2 is 1.96 bits per heavy atom. The van der Waals surface area contributed by atoms with Gasteiger partial charge in [0, 0.05) is 13.1 Å². The van der Waals surface area contributed by atoms with Gasteiger partial charge in [0.15, 0.2) is 11.4 Å². The second kappa shape index (κ2) is 6.03. The highest BCUT2D eigenvalue weighted by Gasteiger charge is 2.23. The molecule has 1 aliphatic rings. The maximum atomic E-state index is 11.1. The van der Waals surface area contributed by atoms with Crippen LogP contribution in [0, 0.1) is 0 Å². The Morgan fingerprint density at radius 3 is 2.57 bits per heavy atom. The molecule has 0 aromatic carbocycles. The van der Waals surface area contributed by atoms with Crippen molar-refractivity contribution in [3.8, 4) is 0 Å². The average molecular weight is 316 g/mol. The second-order valence-corrected chi connectivity index (χ2v) is 5.35. The Balaban J connectivity index is 1.67. The van der Waals surface area contributed by atoms with E-state index in [-0.39, 0.29) is 17.4 Å². The highest BCUT2D eigenvalue weighted by atomic mass is 16.4. The molecule has 0 aliphatic carbocycles. The van der Waals surface area contributed by atoms with Gasteiger partial charge in [-0.15, -0.1) is 5.10 Å². The van der Waals surface area contributed by atoms with Gasteiger partial charge in [0.05, 0.1) is 12.2 Å². The van der Waals surface area contributed by atoms with Crippen molar-refractivity contribution in [3.63, 3.8) is 0 Å². The van der Waals surface area contributed by atoms with Crippen LogP contribution in [0.15, 0.2) is 24.4 Å². The van der Waals surface area contributed by atoms with Crippen LogP contribution in [0.5, 0.6) is 0 Å². The fourth-order valence-electron chi connectivity index (χ4n) is 2.65. The Hall–Kier alpha value is -2.97. The number of carboxylic acid groups (broad SMARTS) is 1. The molecule has 1 fully saturated rings. The first-order valence-corrected chi connectivity index (χ1v) is 7.21. The molecule has 1 aliphatic heterocycles. The van der Waals surface area contributed by atoms with Crippen molar-refractivity contribution in [3.05, 3.63) is 35.8 Å². The van der Waals surface area contributed by atoms with Crippen LogP contribution < -0.4 is 10.6 Å². The zero-order valence-corrected chi connectivity index (χ0v) is 12.3. The summed E-state index contributed by atoms with van der Waals surface area (Å²) in [7, 11) is 0. The van der Waals surface area contributed by atoms with E-state index in [4.69, 9.17) is 10.8 Å². The molecule has 1 saturated heterocycles. The normalized spacial score (nSPS) is 15.6. The number of primary amides is 1. The number of carbonyl (C=O) groups excluding carboxylic acids is 1. The van der Waals surface area contributed by atoms with Crippen molar-refractivity contribution in [2.75, 3.05) is 18.0 Å². The van der Waals surface area contributed by atoms with Crippen molar-refractivity contribution < 1.29 is 14.7 Å². The lowest BCUT2D eigenvalue weighted by Gasteiger charge is -2.32. The van der Waals surface area contributed by atoms with Crippen molar-refractivity contribution in [2.45, 2.75) is 18.9 Å². The SMILES string of the molecule is NC(=O)c1cn(C2CCN(c3cccc(C(=O)O)n3)CC2)nn1. The van der Waals surface area contributed by atoms with Crippen LogP contribution in [0.2, 0.25) is 0 Å². The van der Waals surface area contributed by atoms with E-state index in [2.05, 4.69) is 15.3 Å². The van der Waals surface area contributed by atoms with E-state index in [9.17, 15) is 9.59 Å². The molecule has 0 bridgehead atoms. The molecule has 9 heteroatoms. The maximum absolute atomic E-state index is 11.1. The minimum absolute atomic E-state index is 0.0343. The molecule has 3 N–H and O–H groups in total. The third kappa shape index (κ3) is 3.12. The molecule has 120 valence electrons. The Kier molecular flexibility index (Phi) is 3.92. The molecular weight excluding hydrogens is 300 g/mol. The molecule has 0 spiro atoms. The zero-order valence-electron chi connectivity index (χ0n) is 12.3. The number of hydrogen-bond acceptors (Lipinski definition) is 6. The van der Waals surface area contributed by atoms with Crippen molar-refractivity contribution >= 4 is 17.7 Å². The Bertz CT molecular complexity index is 736. The Labute approximate surface area is 131 Å². The van der Waals surface area contributed by atoms with Crippen LogP contribution in [0.25, 0.3) is 0 Å². The second-order valence-electron chi connectivity index (χ2n) is 5.35. The summed E-state index contributed by atoms with van der Waals surface area (Å²) in [5.74, 6) is -0.980. The molecule has 0 unspecified atom stereocenters. The Morgan fingerprint density at radius 1 is 1.22 bits per heavy atom. The van der Waals surface area contributed by atoms with Gasteiger partial charge in [0.25, 0.3) is 5.91 Å². The van der Waals surface area contributed by atoms with E-state index in [1.165, 1.54) is 6.07 Å². The number of aromatic nitrogens is 4. The molecule has 0 atom stereocenters. The summed E-state index contributed by atoms with van der Waals surface area (Å²) in [6, 6.07) is 5.09. The molecule has 23 heavy (non-hydrogen) atoms. The summed E-state index contributed by atoms with van der Waals surface area (Å²) in [4.78, 5) is 28.2. The highest BCUT2D eigenvalue weighted by Crippen LogP contribution is 2.25. The van der Waals surface area contributed by atoms with Gasteiger partial charge >= 0.3 is 5.97 Å². The summed E-state index contributed by atoms with van der Waals surface area (Å²) in [6.45, 7) is 1.43. The first kappa shape index (κ1) is 14.9. The standard InChI is InChI=1S/C14H16N6O3/c15-13(21)11-8-20(18-17-11)9-4-6-19(7-5-9)12-3-1-2-10(16-12)14(22)23/h1-3,8-9H,4-7H2,(H2,15,21)(H,22,23). The summed E-state index contributed by atoms with van der Waals surface area (Å²) in [5.41, 5.74) is 5.36. The van der Waals surface area contributed by atoms with Gasteiger partial charge < -0.3 is 15.7 Å². The van der Waals surface area contributed by atoms with E-state index < -0.39 is 11.9 Å². The molecule has 1 amide bonds. The molecule has 0 saturated carbocycles. The monoisotopic (exact) mass is 316 g/mol. The number of carbonyl (C=O) groups is 2. The van der Waals surface area contributed by atoms with E-state index in [1.54, 1.807) is 23.0 Å². The third-order valence-corrected chi connectivity index (χ3v) is 3.88. The van der Waals surface area contributed by atoms with Crippen molar-refractivity contribution in [1.29, 1.82) is 0 Å². The van der Waals surface area contributed by atoms with Crippen LogP contribution >= 0.6 is 0 Å². The number of aromatic carboxylic acids is 1. The van der Waals surface area contributed by atoms with Gasteiger partial charge in [0.2, 0.25) is 0 Å². The number of rotatable bonds is 4. The van der Waals surface area contributed by atoms with E-state index in [1.807, 2.05) is 4.90 Å². The number of piperidine rings is 1. The number of amides is 1. The first-order chi connectivity index (χ1) is 11.0. The molecule has 0 radical (unpaired) electrons. The number of anilines is 1. The molecule has 2 aromatic rings. The van der Waals surface area contributed by atoms with Crippen LogP contribution in [-0.2, 0) is 0 Å². The minimum atomic E-state index is -1.04. The van der Waals surface area contributed by atoms with Crippen molar-refractivity contribution in [1.82, 2.24) is 20.0 Å². The largest absolute Gasteiger partial charge is 0.477 e. The van der Waals surface area contributed by atoms with E-state index in [0.29, 0.717) is 18.9 Å². The lowest BCUT2D eigenvalue weighted by Crippen LogP contribution is -2.35. The summed E-state index contributed by atoms with van der Waals surface area (Å²) in [5, 5.41) is 16.7. The van der Waals surface area contributed by atoms with Gasteiger partial charge in [-0.2, -0.15) is 0 Å².